The Bertz CT molecular complexity index is 2860. The van der Waals surface area contributed by atoms with Gasteiger partial charge in [-0.3, -0.25) is 14.6 Å². The molecule has 4 aromatic rings. The van der Waals surface area contributed by atoms with Gasteiger partial charge in [0.25, 0.3) is 0 Å². The first-order valence-electron chi connectivity index (χ1n) is 30.3. The minimum absolute atomic E-state index is 0.0746. The summed E-state index contributed by atoms with van der Waals surface area (Å²) in [5.41, 5.74) is 4.02. The molecule has 0 aromatic heterocycles. The van der Waals surface area contributed by atoms with E-state index in [0.29, 0.717) is 89.2 Å². The number of rotatable bonds is 35. The van der Waals surface area contributed by atoms with Crippen LogP contribution in [0.3, 0.4) is 0 Å². The van der Waals surface area contributed by atoms with Gasteiger partial charge < -0.3 is 39.1 Å². The number of carbonyl (C=O) groups excluding carboxylic acids is 2. The third-order valence-corrected chi connectivity index (χ3v) is 20.5. The number of urea groups is 1. The maximum atomic E-state index is 13.1. The number of fused-ring (bicyclic) bond motifs is 2. The molecule has 2 aliphatic carbocycles. The fourth-order valence-electron chi connectivity index (χ4n) is 11.9. The van der Waals surface area contributed by atoms with Gasteiger partial charge in [-0.2, -0.15) is 0 Å². The predicted molar refractivity (Wildman–Crippen MR) is 335 cm³/mol. The zero-order valence-electron chi connectivity index (χ0n) is 49.3. The predicted octanol–water partition coefficient (Wildman–Crippen LogP) is 10.7. The third-order valence-electron chi connectivity index (χ3n) is 16.4. The third kappa shape index (κ3) is 19.8. The van der Waals surface area contributed by atoms with E-state index in [-0.39, 0.29) is 98.6 Å². The zero-order valence-corrected chi connectivity index (χ0v) is 54.0. The van der Waals surface area contributed by atoms with Crippen LogP contribution in [0.2, 0.25) is 20.1 Å². The molecule has 4 aromatic carbocycles. The molecule has 0 radical (unpaired) electrons. The highest BCUT2D eigenvalue weighted by Crippen LogP contribution is 2.46. The van der Waals surface area contributed by atoms with Gasteiger partial charge in [0.2, 0.25) is 20.0 Å². The van der Waals surface area contributed by atoms with Crippen LogP contribution in [0.1, 0.15) is 125 Å². The number of ketones is 1. The summed E-state index contributed by atoms with van der Waals surface area (Å²) in [5.74, 6) is 1.27. The summed E-state index contributed by atoms with van der Waals surface area (Å²) in [6, 6.07) is 20.9. The molecule has 4 aliphatic rings. The molecule has 18 nitrogen and oxygen atoms in total. The van der Waals surface area contributed by atoms with Crippen LogP contribution in [0.5, 0.6) is 11.5 Å². The molecule has 24 heteroatoms. The van der Waals surface area contributed by atoms with E-state index in [4.69, 9.17) is 74.8 Å². The van der Waals surface area contributed by atoms with Crippen molar-refractivity contribution < 1.29 is 54.8 Å². The second kappa shape index (κ2) is 33.8. The minimum Gasteiger partial charge on any atom is -0.484 e. The molecule has 2 saturated heterocycles. The SMILES string of the molecule is C[C@H]1CCCCN1[C@H]1Cc2c(Cl)cc(Cl)cc2[C@@H]1Oc1ccc(S(=O)(=O)NCCOCCOCCCC(=O)CCCCCNC(=O)NCCOCCOCCNS(=O)(=O)c2ccc(O[C@H]3c4cc(Cl)cc(Cl)c4C[C@@H]3N3CCCC[C@@H]3C)cc2)cc1. The molecule has 0 saturated carbocycles. The minimum atomic E-state index is -3.79. The average Bonchev–Trinajstić information content (AvgIpc) is 1.98. The van der Waals surface area contributed by atoms with E-state index in [1.54, 1.807) is 36.4 Å². The van der Waals surface area contributed by atoms with Gasteiger partial charge in [-0.1, -0.05) is 65.7 Å². The molecule has 474 valence electrons. The first-order chi connectivity index (χ1) is 41.5. The summed E-state index contributed by atoms with van der Waals surface area (Å²) in [6.07, 6.45) is 11.6. The van der Waals surface area contributed by atoms with Gasteiger partial charge in [0.05, 0.1) is 68.1 Å². The number of hydrogen-bond donors (Lipinski definition) is 4. The van der Waals surface area contributed by atoms with Crippen molar-refractivity contribution in [2.24, 2.45) is 0 Å². The second-order valence-electron chi connectivity index (χ2n) is 22.5. The van der Waals surface area contributed by atoms with E-state index in [0.717, 1.165) is 93.1 Å². The number of ether oxygens (including phenoxy) is 6. The first-order valence-corrected chi connectivity index (χ1v) is 34.8. The fraction of sp³-hybridized carbons (Fsp3) is 0.581. The molecule has 0 spiro atoms. The maximum Gasteiger partial charge on any atom is 0.314 e. The van der Waals surface area contributed by atoms with E-state index >= 15 is 0 Å². The van der Waals surface area contributed by atoms with Crippen molar-refractivity contribution in [3.63, 3.8) is 0 Å². The van der Waals surface area contributed by atoms with Crippen molar-refractivity contribution in [2.45, 2.75) is 150 Å². The lowest BCUT2D eigenvalue weighted by Gasteiger charge is -2.40. The lowest BCUT2D eigenvalue weighted by molar-refractivity contribution is -0.119. The number of likely N-dealkylation sites (tertiary alicyclic amines) is 2. The summed E-state index contributed by atoms with van der Waals surface area (Å²) in [7, 11) is -7.58. The number of piperidine rings is 2. The van der Waals surface area contributed by atoms with Gasteiger partial charge >= 0.3 is 6.03 Å². The van der Waals surface area contributed by atoms with E-state index in [9.17, 15) is 26.4 Å². The zero-order chi connectivity index (χ0) is 61.1. The van der Waals surface area contributed by atoms with Crippen molar-refractivity contribution in [2.75, 3.05) is 92.1 Å². The Morgan fingerprint density at radius 3 is 1.41 bits per heavy atom. The van der Waals surface area contributed by atoms with Crippen LogP contribution in [0, 0.1) is 0 Å². The number of hydrogen-bond acceptors (Lipinski definition) is 14. The number of unbranched alkanes of at least 4 members (excludes halogenated alkanes) is 2. The van der Waals surface area contributed by atoms with E-state index in [1.807, 2.05) is 12.1 Å². The molecule has 2 fully saturated rings. The maximum absolute atomic E-state index is 13.1. The molecule has 8 rings (SSSR count). The summed E-state index contributed by atoms with van der Waals surface area (Å²) in [4.78, 5) is 29.8. The monoisotopic (exact) mass is 1310 g/mol. The van der Waals surface area contributed by atoms with Gasteiger partial charge in [-0.25, -0.2) is 31.1 Å². The molecule has 4 N–H and O–H groups in total. The van der Waals surface area contributed by atoms with E-state index in [1.165, 1.54) is 37.1 Å². The molecule has 2 aliphatic heterocycles. The molecule has 6 atom stereocenters. The fourth-order valence-corrected chi connectivity index (χ4v) is 15.1. The Balaban J connectivity index is 0.582. The lowest BCUT2D eigenvalue weighted by Crippen LogP contribution is -2.47. The topological polar surface area (TPSA) is 212 Å². The Morgan fingerprint density at radius 1 is 0.512 bits per heavy atom. The van der Waals surface area contributed by atoms with Crippen molar-refractivity contribution in [3.05, 3.63) is 115 Å². The number of nitrogens with one attached hydrogen (secondary N) is 4. The molecule has 0 bridgehead atoms. The standard InChI is InChI=1S/C62H84Cl4N6O12S2/c1-43-11-5-8-27-71(43)58-41-52-54(37-45(63)39-56(52)65)60(58)83-48-15-19-50(20-16-48)85(75,76)69-25-31-81-34-33-79-29-10-14-47(73)13-4-3-7-23-67-62(74)68-24-30-80-35-36-82-32-26-70-86(77,78)51-21-17-49(18-22-51)84-61-55-38-46(64)40-57(66)53(55)42-59(61)72-28-9-6-12-44(72)2/h15-22,37-40,43-44,58-61,69-70H,3-14,23-36,41-42H2,1-2H3,(H2,67,68,74)/t43-,44-,58-,59-,60-,61-/m0/s1. The highest BCUT2D eigenvalue weighted by atomic mass is 35.5. The number of sulfonamides is 2. The Hall–Kier alpha value is -3.84. The summed E-state index contributed by atoms with van der Waals surface area (Å²) >= 11 is 26.2. The van der Waals surface area contributed by atoms with Crippen LogP contribution < -0.4 is 29.6 Å². The molecule has 86 heavy (non-hydrogen) atoms. The lowest BCUT2D eigenvalue weighted by atomic mass is 9.99. The number of carbonyl (C=O) groups is 2. The van der Waals surface area contributed by atoms with Crippen LogP contribution in [-0.2, 0) is 56.6 Å². The molecular weight excluding hydrogens is 1230 g/mol. The summed E-state index contributed by atoms with van der Waals surface area (Å²) in [5, 5.41) is 7.93. The number of halogens is 4. The smallest absolute Gasteiger partial charge is 0.314 e. The summed E-state index contributed by atoms with van der Waals surface area (Å²) < 4.78 is 92.9. The van der Waals surface area contributed by atoms with Crippen LogP contribution in [0.4, 0.5) is 4.79 Å². The van der Waals surface area contributed by atoms with Gasteiger partial charge in [0, 0.05) is 88.9 Å². The molecule has 0 unspecified atom stereocenters. The Labute approximate surface area is 528 Å². The van der Waals surface area contributed by atoms with E-state index in [2.05, 4.69) is 43.7 Å². The number of nitrogens with zero attached hydrogens (tertiary/aromatic N) is 2. The second-order valence-corrected chi connectivity index (χ2v) is 27.7. The molecule has 2 heterocycles. The molecular formula is C62H84Cl4N6O12S2. The van der Waals surface area contributed by atoms with Crippen molar-refractivity contribution in [3.8, 4) is 11.5 Å². The highest BCUT2D eigenvalue weighted by molar-refractivity contribution is 7.89. The first kappa shape index (κ1) is 68.1. The van der Waals surface area contributed by atoms with Gasteiger partial charge in [0.1, 0.15) is 29.5 Å². The number of amides is 2. The summed E-state index contributed by atoms with van der Waals surface area (Å²) in [6.45, 7) is 9.56. The quantitative estimate of drug-likeness (QED) is 0.0316. The van der Waals surface area contributed by atoms with Crippen LogP contribution in [0.15, 0.2) is 82.6 Å². The average molecular weight is 1310 g/mol. The van der Waals surface area contributed by atoms with Crippen LogP contribution in [0.25, 0.3) is 0 Å². The Kier molecular flexibility index (Phi) is 26.8. The molecule has 2 amide bonds. The largest absolute Gasteiger partial charge is 0.484 e. The highest BCUT2D eigenvalue weighted by Gasteiger charge is 2.43. The van der Waals surface area contributed by atoms with Crippen molar-refractivity contribution in [1.29, 1.82) is 0 Å². The van der Waals surface area contributed by atoms with Gasteiger partial charge in [0.15, 0.2) is 0 Å². The number of benzene rings is 4. The normalized spacial score (nSPS) is 20.8. The van der Waals surface area contributed by atoms with Crippen LogP contribution in [-0.4, -0.2) is 155 Å². The van der Waals surface area contributed by atoms with E-state index < -0.39 is 20.0 Å². The van der Waals surface area contributed by atoms with Gasteiger partial charge in [-0.05, 0) is 169 Å². The van der Waals surface area contributed by atoms with Crippen LogP contribution >= 0.6 is 46.4 Å². The van der Waals surface area contributed by atoms with Crippen molar-refractivity contribution >= 4 is 78.3 Å². The van der Waals surface area contributed by atoms with Gasteiger partial charge in [-0.15, -0.1) is 0 Å². The number of Topliss-reactive ketones (excluding diaryl/α,β-unsaturated/α-hetero) is 1. The Morgan fingerprint density at radius 2 is 0.942 bits per heavy atom. The van der Waals surface area contributed by atoms with Crippen molar-refractivity contribution in [1.82, 2.24) is 29.9 Å².